The topological polar surface area (TPSA) is 282 Å². The quantitative estimate of drug-likeness (QED) is 0.0906. The molecule has 0 aromatic heterocycles. The summed E-state index contributed by atoms with van der Waals surface area (Å²) in [5.41, 5.74) is 3.89. The van der Waals surface area contributed by atoms with Gasteiger partial charge >= 0.3 is 18.3 Å². The SMILES string of the molecule is CCC1C(O)C(OC2C(N)CC(NC(=O)OC(C)(C)C)C(OC3OC(CNC(=O)OCc4ccc([N+](=O)[O-])cc4)=CCC3NC(=O)OC(C)(C)C)C2O)OCC1(C)O. The van der Waals surface area contributed by atoms with E-state index in [1.165, 1.54) is 24.3 Å². The van der Waals surface area contributed by atoms with Crippen molar-refractivity contribution < 1.29 is 67.8 Å². The van der Waals surface area contributed by atoms with E-state index in [4.69, 9.17) is 38.9 Å². The Morgan fingerprint density at radius 2 is 1.52 bits per heavy atom. The fraction of sp³-hybridized carbons (Fsp3) is 0.711. The average Bonchev–Trinajstić information content (AvgIpc) is 3.10. The fourth-order valence-electron chi connectivity index (χ4n) is 6.87. The molecule has 0 bridgehead atoms. The Morgan fingerprint density at radius 3 is 2.09 bits per heavy atom. The van der Waals surface area contributed by atoms with Crippen molar-refractivity contribution in [3.63, 3.8) is 0 Å². The number of carbonyl (C=O) groups excluding carboxylic acids is 3. The number of nitro benzene ring substituents is 1. The van der Waals surface area contributed by atoms with E-state index >= 15 is 0 Å². The lowest BCUT2D eigenvalue weighted by Crippen LogP contribution is -2.67. The number of rotatable bonds is 12. The maximum absolute atomic E-state index is 13.1. The minimum absolute atomic E-state index is 0.0227. The number of nitrogens with two attached hydrogens (primary N) is 1. The summed E-state index contributed by atoms with van der Waals surface area (Å²) in [5.74, 6) is -0.423. The lowest BCUT2D eigenvalue weighted by molar-refractivity contribution is -0.384. The van der Waals surface area contributed by atoms with Crippen LogP contribution in [0.4, 0.5) is 20.1 Å². The molecule has 3 amide bonds. The third-order valence-electron chi connectivity index (χ3n) is 9.59. The number of hydrogen-bond donors (Lipinski definition) is 7. The Morgan fingerprint density at radius 1 is 0.931 bits per heavy atom. The van der Waals surface area contributed by atoms with Crippen LogP contribution in [0, 0.1) is 16.0 Å². The number of nitrogens with zero attached hydrogens (tertiary/aromatic N) is 1. The molecule has 58 heavy (non-hydrogen) atoms. The van der Waals surface area contributed by atoms with Gasteiger partial charge in [0.1, 0.15) is 48.0 Å². The molecule has 1 aromatic rings. The van der Waals surface area contributed by atoms with E-state index in [0.29, 0.717) is 12.0 Å². The van der Waals surface area contributed by atoms with Crippen molar-refractivity contribution in [1.29, 1.82) is 0 Å². The summed E-state index contributed by atoms with van der Waals surface area (Å²) in [4.78, 5) is 49.0. The molecule has 8 N–H and O–H groups in total. The van der Waals surface area contributed by atoms with Crippen LogP contribution in [0.2, 0.25) is 0 Å². The Hall–Kier alpha value is -4.31. The number of ether oxygens (including phenoxy) is 7. The highest BCUT2D eigenvalue weighted by Crippen LogP contribution is 2.36. The van der Waals surface area contributed by atoms with Crippen LogP contribution in [0.3, 0.4) is 0 Å². The Balaban J connectivity index is 1.55. The summed E-state index contributed by atoms with van der Waals surface area (Å²) in [6.07, 6.45) is -8.45. The predicted molar refractivity (Wildman–Crippen MR) is 204 cm³/mol. The summed E-state index contributed by atoms with van der Waals surface area (Å²) < 4.78 is 40.6. The number of carbonyl (C=O) groups is 3. The normalized spacial score (nSPS) is 31.5. The van der Waals surface area contributed by atoms with Gasteiger partial charge in [-0.2, -0.15) is 0 Å². The lowest BCUT2D eigenvalue weighted by atomic mass is 9.80. The third-order valence-corrected chi connectivity index (χ3v) is 9.59. The molecular weight excluding hydrogens is 766 g/mol. The van der Waals surface area contributed by atoms with E-state index in [2.05, 4.69) is 16.0 Å². The lowest BCUT2D eigenvalue weighted by Gasteiger charge is -2.48. The molecule has 0 radical (unpaired) electrons. The predicted octanol–water partition coefficient (Wildman–Crippen LogP) is 2.59. The van der Waals surface area contributed by atoms with Crippen molar-refractivity contribution in [3.8, 4) is 0 Å². The molecule has 20 nitrogen and oxygen atoms in total. The number of hydrogen-bond acceptors (Lipinski definition) is 16. The monoisotopic (exact) mass is 825 g/mol. The maximum Gasteiger partial charge on any atom is 0.408 e. The van der Waals surface area contributed by atoms with Gasteiger partial charge in [0.15, 0.2) is 6.29 Å². The van der Waals surface area contributed by atoms with Crippen LogP contribution in [0.1, 0.15) is 80.2 Å². The smallest absolute Gasteiger partial charge is 0.408 e. The second kappa shape index (κ2) is 19.2. The minimum Gasteiger partial charge on any atom is -0.465 e. The molecule has 3 aliphatic rings. The van der Waals surface area contributed by atoms with E-state index in [-0.39, 0.29) is 44.0 Å². The van der Waals surface area contributed by atoms with Crippen LogP contribution >= 0.6 is 0 Å². The van der Waals surface area contributed by atoms with E-state index < -0.39 is 101 Å². The zero-order valence-corrected chi connectivity index (χ0v) is 34.2. The summed E-state index contributed by atoms with van der Waals surface area (Å²) >= 11 is 0. The molecular formula is C38H59N5O15. The van der Waals surface area contributed by atoms with Crippen LogP contribution < -0.4 is 21.7 Å². The first kappa shape index (κ1) is 46.4. The molecule has 2 heterocycles. The zero-order valence-electron chi connectivity index (χ0n) is 34.2. The van der Waals surface area contributed by atoms with Gasteiger partial charge in [0.25, 0.3) is 5.69 Å². The summed E-state index contributed by atoms with van der Waals surface area (Å²) in [6, 6.07) is 2.63. The highest BCUT2D eigenvalue weighted by Gasteiger charge is 2.52. The standard InChI is InChI=1S/C38H59N5O15/c1-9-23-27(44)32(53-19-38(23,8)49)55-29-24(39)16-26(42-35(48)58-37(5,6)7)30(28(29)45)56-31-25(41-34(47)57-36(2,3)4)15-14-22(54-31)17-40-33(46)52-18-20-10-12-21(13-11-20)43(50)51/h10-14,23-32,44-45,49H,9,15-19,39H2,1-8H3,(H,40,46)(H,41,47)(H,42,48). The largest absolute Gasteiger partial charge is 0.465 e. The van der Waals surface area contributed by atoms with E-state index in [9.17, 15) is 39.8 Å². The van der Waals surface area contributed by atoms with Crippen LogP contribution in [0.5, 0.6) is 0 Å². The molecule has 0 spiro atoms. The first-order chi connectivity index (χ1) is 27.0. The van der Waals surface area contributed by atoms with Crippen molar-refractivity contribution in [2.24, 2.45) is 11.7 Å². The molecule has 1 saturated carbocycles. The van der Waals surface area contributed by atoms with Gasteiger partial charge in [-0.1, -0.05) is 6.92 Å². The van der Waals surface area contributed by atoms with Gasteiger partial charge in [-0.15, -0.1) is 0 Å². The Labute approximate surface area is 337 Å². The zero-order chi connectivity index (χ0) is 43.2. The van der Waals surface area contributed by atoms with Crippen LogP contribution in [-0.2, 0) is 39.8 Å². The minimum atomic E-state index is -1.60. The van der Waals surface area contributed by atoms with Gasteiger partial charge in [0.2, 0.25) is 6.29 Å². The van der Waals surface area contributed by atoms with Gasteiger partial charge in [-0.05, 0) is 91.5 Å². The number of benzene rings is 1. The number of aliphatic hydroxyl groups is 3. The maximum atomic E-state index is 13.1. The van der Waals surface area contributed by atoms with Gasteiger partial charge in [-0.3, -0.25) is 10.1 Å². The molecule has 326 valence electrons. The fourth-order valence-corrected chi connectivity index (χ4v) is 6.87. The summed E-state index contributed by atoms with van der Waals surface area (Å²) in [7, 11) is 0. The molecule has 20 heteroatoms. The molecule has 4 rings (SSSR count). The van der Waals surface area contributed by atoms with Crippen LogP contribution in [0.15, 0.2) is 36.1 Å². The highest BCUT2D eigenvalue weighted by atomic mass is 16.7. The van der Waals surface area contributed by atoms with Crippen LogP contribution in [0.25, 0.3) is 0 Å². The molecule has 11 atom stereocenters. The van der Waals surface area contributed by atoms with E-state index in [1.807, 2.05) is 0 Å². The molecule has 1 aromatic carbocycles. The third kappa shape index (κ3) is 13.1. The molecule has 1 saturated heterocycles. The van der Waals surface area contributed by atoms with Crippen molar-refractivity contribution in [1.82, 2.24) is 16.0 Å². The second-order valence-corrected chi connectivity index (χ2v) is 16.9. The van der Waals surface area contributed by atoms with E-state index in [1.54, 1.807) is 61.5 Å². The number of non-ortho nitro benzene ring substituents is 1. The number of amides is 3. The number of aliphatic hydroxyl groups excluding tert-OH is 2. The highest BCUT2D eigenvalue weighted by molar-refractivity contribution is 5.69. The average molecular weight is 826 g/mol. The summed E-state index contributed by atoms with van der Waals surface area (Å²) in [5, 5.41) is 52.8. The molecule has 11 unspecified atom stereocenters. The molecule has 2 aliphatic heterocycles. The second-order valence-electron chi connectivity index (χ2n) is 16.9. The van der Waals surface area contributed by atoms with Crippen molar-refractivity contribution in [3.05, 3.63) is 51.8 Å². The van der Waals surface area contributed by atoms with Crippen molar-refractivity contribution in [2.75, 3.05) is 13.2 Å². The first-order valence-corrected chi connectivity index (χ1v) is 19.2. The van der Waals surface area contributed by atoms with Crippen molar-refractivity contribution in [2.45, 2.75) is 153 Å². The van der Waals surface area contributed by atoms with Gasteiger partial charge in [0.05, 0.1) is 35.8 Å². The number of nitro groups is 1. The number of nitrogens with one attached hydrogen (secondary N) is 3. The van der Waals surface area contributed by atoms with E-state index in [0.717, 1.165) is 0 Å². The Kier molecular flexibility index (Phi) is 15.3. The van der Waals surface area contributed by atoms with Crippen LogP contribution in [-0.4, -0.2) is 124 Å². The van der Waals surface area contributed by atoms with Gasteiger partial charge in [0, 0.05) is 24.1 Å². The van der Waals surface area contributed by atoms with Gasteiger partial charge in [-0.25, -0.2) is 14.4 Å². The number of alkyl carbamates (subject to hydrolysis) is 3. The van der Waals surface area contributed by atoms with Gasteiger partial charge < -0.3 is 70.2 Å². The first-order valence-electron chi connectivity index (χ1n) is 19.2. The molecule has 2 fully saturated rings. The molecule has 1 aliphatic carbocycles. The van der Waals surface area contributed by atoms with Crippen molar-refractivity contribution >= 4 is 24.0 Å². The Bertz CT molecular complexity index is 1610. The summed E-state index contributed by atoms with van der Waals surface area (Å²) in [6.45, 7) is 12.9.